The minimum atomic E-state index is -0.227. The highest BCUT2D eigenvalue weighted by atomic mass is 16.5. The van der Waals surface area contributed by atoms with Gasteiger partial charge >= 0.3 is 6.03 Å². The molecule has 0 aromatic heterocycles. The van der Waals surface area contributed by atoms with E-state index in [0.29, 0.717) is 11.4 Å². The van der Waals surface area contributed by atoms with Crippen LogP contribution >= 0.6 is 0 Å². The predicted octanol–water partition coefficient (Wildman–Crippen LogP) is 4.12. The van der Waals surface area contributed by atoms with Crippen molar-refractivity contribution in [1.82, 2.24) is 5.32 Å². The van der Waals surface area contributed by atoms with Gasteiger partial charge in [0.1, 0.15) is 5.75 Å². The quantitative estimate of drug-likeness (QED) is 0.892. The van der Waals surface area contributed by atoms with Crippen LogP contribution in [0.1, 0.15) is 29.5 Å². The van der Waals surface area contributed by atoms with Gasteiger partial charge in [-0.1, -0.05) is 35.9 Å². The fourth-order valence-corrected chi connectivity index (χ4v) is 2.77. The summed E-state index contributed by atoms with van der Waals surface area (Å²) in [6.07, 6.45) is 1.93. The van der Waals surface area contributed by atoms with Crippen LogP contribution in [0.15, 0.2) is 42.5 Å². The molecule has 2 aromatic rings. The second kappa shape index (κ2) is 5.95. The lowest BCUT2D eigenvalue weighted by Gasteiger charge is -2.19. The Morgan fingerprint density at radius 3 is 2.30 bits per heavy atom. The van der Waals surface area contributed by atoms with Crippen LogP contribution in [-0.2, 0) is 5.54 Å². The average molecular weight is 310 g/mol. The molecule has 0 radical (unpaired) electrons. The maximum absolute atomic E-state index is 12.4. The molecular formula is C19H22N2O2. The smallest absolute Gasteiger partial charge is 0.320 e. The van der Waals surface area contributed by atoms with Gasteiger partial charge in [0.2, 0.25) is 0 Å². The summed E-state index contributed by atoms with van der Waals surface area (Å²) >= 11 is 0. The number of hydrogen-bond acceptors (Lipinski definition) is 2. The van der Waals surface area contributed by atoms with E-state index in [9.17, 15) is 4.79 Å². The molecule has 120 valence electrons. The van der Waals surface area contributed by atoms with E-state index in [1.165, 1.54) is 5.56 Å². The third-order valence-corrected chi connectivity index (χ3v) is 4.31. The van der Waals surface area contributed by atoms with Crippen LogP contribution in [0, 0.1) is 13.8 Å². The van der Waals surface area contributed by atoms with Crippen LogP contribution in [0.4, 0.5) is 10.5 Å². The molecule has 0 atom stereocenters. The van der Waals surface area contributed by atoms with E-state index in [2.05, 4.69) is 41.8 Å². The topological polar surface area (TPSA) is 50.4 Å². The predicted molar refractivity (Wildman–Crippen MR) is 92.0 cm³/mol. The van der Waals surface area contributed by atoms with Crippen molar-refractivity contribution in [3.05, 3.63) is 59.2 Å². The number of rotatable bonds is 4. The Kier molecular flexibility index (Phi) is 3.99. The lowest BCUT2D eigenvalue weighted by molar-refractivity contribution is 0.247. The van der Waals surface area contributed by atoms with Gasteiger partial charge in [0, 0.05) is 0 Å². The van der Waals surface area contributed by atoms with Gasteiger partial charge in [-0.2, -0.15) is 0 Å². The number of anilines is 1. The average Bonchev–Trinajstić information content (AvgIpc) is 3.28. The summed E-state index contributed by atoms with van der Waals surface area (Å²) in [5.74, 6) is 0.658. The molecule has 1 fully saturated rings. The highest BCUT2D eigenvalue weighted by Crippen LogP contribution is 2.45. The minimum absolute atomic E-state index is 0.202. The molecule has 0 spiro atoms. The number of urea groups is 1. The number of carbonyl (C=O) groups excluding carboxylic acids is 1. The van der Waals surface area contributed by atoms with Gasteiger partial charge in [0.15, 0.2) is 0 Å². The molecule has 2 N–H and O–H groups in total. The van der Waals surface area contributed by atoms with Gasteiger partial charge in [0.05, 0.1) is 18.3 Å². The number of benzene rings is 2. The first kappa shape index (κ1) is 15.4. The Morgan fingerprint density at radius 1 is 1.04 bits per heavy atom. The minimum Gasteiger partial charge on any atom is -0.495 e. The zero-order chi connectivity index (χ0) is 16.4. The fraction of sp³-hybridized carbons (Fsp3) is 0.316. The summed E-state index contributed by atoms with van der Waals surface area (Å²) in [5, 5.41) is 6.02. The number of aryl methyl sites for hydroxylation is 2. The van der Waals surface area contributed by atoms with Crippen LogP contribution < -0.4 is 15.4 Å². The van der Waals surface area contributed by atoms with Crippen molar-refractivity contribution >= 4 is 11.7 Å². The molecule has 2 aromatic carbocycles. The molecule has 0 heterocycles. The van der Waals surface area contributed by atoms with E-state index in [0.717, 1.165) is 24.0 Å². The molecule has 1 aliphatic carbocycles. The normalized spacial score (nSPS) is 14.9. The Balaban J connectivity index is 1.73. The summed E-state index contributed by atoms with van der Waals surface area (Å²) in [6.45, 7) is 4.05. The highest BCUT2D eigenvalue weighted by molar-refractivity contribution is 5.92. The molecule has 0 aliphatic heterocycles. The second-order valence-corrected chi connectivity index (χ2v) is 6.23. The number of nitrogens with one attached hydrogen (secondary N) is 2. The van der Waals surface area contributed by atoms with Crippen LogP contribution in [0.25, 0.3) is 0 Å². The third-order valence-electron chi connectivity index (χ3n) is 4.31. The van der Waals surface area contributed by atoms with E-state index in [1.807, 2.05) is 25.1 Å². The van der Waals surface area contributed by atoms with Crippen molar-refractivity contribution in [2.24, 2.45) is 0 Å². The molecule has 4 nitrogen and oxygen atoms in total. The van der Waals surface area contributed by atoms with Crippen molar-refractivity contribution in [2.45, 2.75) is 32.2 Å². The maximum atomic E-state index is 12.4. The largest absolute Gasteiger partial charge is 0.495 e. The Labute approximate surface area is 136 Å². The van der Waals surface area contributed by atoms with Crippen molar-refractivity contribution in [1.29, 1.82) is 0 Å². The van der Waals surface area contributed by atoms with Crippen molar-refractivity contribution in [3.8, 4) is 5.75 Å². The molecule has 1 saturated carbocycles. The first-order chi connectivity index (χ1) is 11.0. The van der Waals surface area contributed by atoms with Crippen molar-refractivity contribution in [2.75, 3.05) is 12.4 Å². The molecule has 4 heteroatoms. The zero-order valence-electron chi connectivity index (χ0n) is 13.8. The molecule has 0 unspecified atom stereocenters. The molecule has 1 aliphatic rings. The monoisotopic (exact) mass is 310 g/mol. The molecule has 2 amide bonds. The first-order valence-electron chi connectivity index (χ1n) is 7.83. The Bertz CT molecular complexity index is 719. The number of methoxy groups -OCH3 is 1. The summed E-state index contributed by atoms with van der Waals surface area (Å²) in [6, 6.07) is 13.9. The van der Waals surface area contributed by atoms with E-state index in [-0.39, 0.29) is 11.6 Å². The van der Waals surface area contributed by atoms with Crippen molar-refractivity contribution in [3.63, 3.8) is 0 Å². The van der Waals surface area contributed by atoms with Gasteiger partial charge in [-0.3, -0.25) is 0 Å². The fourth-order valence-electron chi connectivity index (χ4n) is 2.77. The van der Waals surface area contributed by atoms with Crippen LogP contribution in [0.5, 0.6) is 5.75 Å². The Morgan fingerprint density at radius 2 is 1.70 bits per heavy atom. The van der Waals surface area contributed by atoms with Crippen molar-refractivity contribution < 1.29 is 9.53 Å². The lowest BCUT2D eigenvalue weighted by Crippen LogP contribution is -2.38. The van der Waals surface area contributed by atoms with Crippen LogP contribution in [0.2, 0.25) is 0 Å². The third kappa shape index (κ3) is 3.31. The molecule has 0 saturated heterocycles. The van der Waals surface area contributed by atoms with E-state index in [1.54, 1.807) is 7.11 Å². The summed E-state index contributed by atoms with van der Waals surface area (Å²) in [7, 11) is 1.60. The molecule has 23 heavy (non-hydrogen) atoms. The van der Waals surface area contributed by atoms with Gasteiger partial charge in [0.25, 0.3) is 0 Å². The second-order valence-electron chi connectivity index (χ2n) is 6.23. The van der Waals surface area contributed by atoms with Gasteiger partial charge in [-0.15, -0.1) is 0 Å². The van der Waals surface area contributed by atoms with E-state index >= 15 is 0 Å². The summed E-state index contributed by atoms with van der Waals surface area (Å²) in [5.41, 5.74) is 3.91. The SMILES string of the molecule is COc1ccc(C)cc1NC(=O)NC1(c2ccc(C)cc2)CC1. The highest BCUT2D eigenvalue weighted by Gasteiger charge is 2.45. The van der Waals surface area contributed by atoms with Gasteiger partial charge < -0.3 is 15.4 Å². The number of ether oxygens (including phenoxy) is 1. The van der Waals surface area contributed by atoms with Crippen LogP contribution in [0.3, 0.4) is 0 Å². The number of carbonyl (C=O) groups is 1. The van der Waals surface area contributed by atoms with Gasteiger partial charge in [-0.05, 0) is 49.9 Å². The number of amides is 2. The summed E-state index contributed by atoms with van der Waals surface area (Å²) < 4.78 is 5.30. The first-order valence-corrected chi connectivity index (χ1v) is 7.83. The van der Waals surface area contributed by atoms with E-state index < -0.39 is 0 Å². The lowest BCUT2D eigenvalue weighted by atomic mass is 10.0. The summed E-state index contributed by atoms with van der Waals surface area (Å²) in [4.78, 5) is 12.4. The Hall–Kier alpha value is -2.49. The van der Waals surface area contributed by atoms with Crippen LogP contribution in [-0.4, -0.2) is 13.1 Å². The molecule has 3 rings (SSSR count). The molecular weight excluding hydrogens is 288 g/mol. The number of hydrogen-bond donors (Lipinski definition) is 2. The van der Waals surface area contributed by atoms with E-state index in [4.69, 9.17) is 4.74 Å². The maximum Gasteiger partial charge on any atom is 0.320 e. The van der Waals surface area contributed by atoms with Gasteiger partial charge in [-0.25, -0.2) is 4.79 Å². The zero-order valence-corrected chi connectivity index (χ0v) is 13.8. The standard InChI is InChI=1S/C19H22N2O2/c1-13-4-7-15(8-5-13)19(10-11-19)21-18(22)20-16-12-14(2)6-9-17(16)23-3/h4-9,12H,10-11H2,1-3H3,(H2,20,21,22). The molecule has 0 bridgehead atoms.